The second-order valence-electron chi connectivity index (χ2n) is 5.11. The molecule has 1 aromatic carbocycles. The molecule has 5 heteroatoms. The van der Waals surface area contributed by atoms with Crippen LogP contribution >= 0.6 is 0 Å². The summed E-state index contributed by atoms with van der Waals surface area (Å²) in [6, 6.07) is 5.26. The maximum atomic E-state index is 12.4. The second-order valence-corrected chi connectivity index (χ2v) is 5.11. The third kappa shape index (κ3) is 1.82. The van der Waals surface area contributed by atoms with Gasteiger partial charge in [0.2, 0.25) is 11.8 Å². The third-order valence-electron chi connectivity index (χ3n) is 4.01. The highest BCUT2D eigenvalue weighted by atomic mass is 16.2. The van der Waals surface area contributed by atoms with Crippen molar-refractivity contribution in [1.82, 2.24) is 5.32 Å². The highest BCUT2D eigenvalue weighted by molar-refractivity contribution is 6.07. The first kappa shape index (κ1) is 11.9. The van der Waals surface area contributed by atoms with Gasteiger partial charge >= 0.3 is 0 Å². The highest BCUT2D eigenvalue weighted by Gasteiger charge is 2.42. The van der Waals surface area contributed by atoms with Crippen LogP contribution in [0.15, 0.2) is 18.2 Å². The van der Waals surface area contributed by atoms with E-state index in [2.05, 4.69) is 5.32 Å². The molecular formula is C14H14N2O3. The Hall–Kier alpha value is -2.17. The average molecular weight is 259 g/mol. The number of amides is 2. The van der Waals surface area contributed by atoms with Crippen LogP contribution in [0.5, 0.6) is 0 Å². The van der Waals surface area contributed by atoms with Gasteiger partial charge in [-0.2, -0.15) is 0 Å². The molecule has 0 spiro atoms. The fraction of sp³-hybridized carbons (Fsp3) is 0.357. The standard InChI is InChI=1S/C14H14N2O3/c15-11-3-1-2-7-9(11)6-10(13(7)18)8-4-5-12(17)16-14(8)19/h1-3,8,10H,4-6,15H2,(H,16,17,19)/i15+1. The van der Waals surface area contributed by atoms with Crippen molar-refractivity contribution in [2.75, 3.05) is 5.73 Å². The van der Waals surface area contributed by atoms with Gasteiger partial charge in [0.15, 0.2) is 5.78 Å². The lowest BCUT2D eigenvalue weighted by Crippen LogP contribution is -2.44. The van der Waals surface area contributed by atoms with E-state index in [1.165, 1.54) is 0 Å². The number of carbonyl (C=O) groups excluding carboxylic acids is 3. The minimum atomic E-state index is -0.419. The van der Waals surface area contributed by atoms with E-state index in [-0.39, 0.29) is 23.5 Å². The van der Waals surface area contributed by atoms with Gasteiger partial charge in [-0.1, -0.05) is 12.1 Å². The molecule has 5 nitrogen and oxygen atoms in total. The summed E-state index contributed by atoms with van der Waals surface area (Å²) in [6.07, 6.45) is 1.23. The normalized spacial score (nSPS) is 26.2. The van der Waals surface area contributed by atoms with Crippen molar-refractivity contribution in [3.05, 3.63) is 29.3 Å². The predicted octanol–water partition coefficient (Wildman–Crippen LogP) is 0.677. The Morgan fingerprint density at radius 1 is 1.16 bits per heavy atom. The Morgan fingerprint density at radius 3 is 2.63 bits per heavy atom. The monoisotopic (exact) mass is 259 g/mol. The van der Waals surface area contributed by atoms with Gasteiger partial charge in [0, 0.05) is 29.5 Å². The van der Waals surface area contributed by atoms with Gasteiger partial charge < -0.3 is 5.73 Å². The number of nitrogens with one attached hydrogen (secondary N) is 1. The number of hydrogen-bond acceptors (Lipinski definition) is 4. The first-order valence-corrected chi connectivity index (χ1v) is 6.33. The van der Waals surface area contributed by atoms with Gasteiger partial charge in [-0.3, -0.25) is 19.7 Å². The van der Waals surface area contributed by atoms with Crippen LogP contribution in [0.25, 0.3) is 0 Å². The lowest BCUT2D eigenvalue weighted by molar-refractivity contribution is -0.137. The molecular weight excluding hydrogens is 245 g/mol. The Balaban J connectivity index is 1.90. The molecule has 0 radical (unpaired) electrons. The maximum Gasteiger partial charge on any atom is 0.230 e. The molecule has 3 N–H and O–H groups in total. The van der Waals surface area contributed by atoms with Crippen LogP contribution in [0, 0.1) is 11.8 Å². The van der Waals surface area contributed by atoms with Crippen molar-refractivity contribution in [3.8, 4) is 0 Å². The van der Waals surface area contributed by atoms with Gasteiger partial charge in [-0.25, -0.2) is 0 Å². The van der Waals surface area contributed by atoms with E-state index in [0.29, 0.717) is 30.5 Å². The van der Waals surface area contributed by atoms with Crippen LogP contribution in [0.3, 0.4) is 0 Å². The number of Topliss-reactive ketones (excluding diaryl/α,β-unsaturated/α-hetero) is 1. The summed E-state index contributed by atoms with van der Waals surface area (Å²) in [5.41, 5.74) is 7.93. The zero-order valence-corrected chi connectivity index (χ0v) is 10.3. The molecule has 19 heavy (non-hydrogen) atoms. The van der Waals surface area contributed by atoms with E-state index in [4.69, 9.17) is 5.73 Å². The van der Waals surface area contributed by atoms with E-state index < -0.39 is 5.92 Å². The smallest absolute Gasteiger partial charge is 0.230 e. The SMILES string of the molecule is [15NH2]c1cccc2c1CC(C1CCC(=O)NC1=O)C2=O. The minimum absolute atomic E-state index is 0.0307. The molecule has 98 valence electrons. The molecule has 0 bridgehead atoms. The Bertz CT molecular complexity index is 594. The number of ketones is 1. The predicted molar refractivity (Wildman–Crippen MR) is 68.3 cm³/mol. The summed E-state index contributed by atoms with van der Waals surface area (Å²) in [5, 5.41) is 2.31. The molecule has 1 fully saturated rings. The number of fused-ring (bicyclic) bond motifs is 1. The molecule has 1 saturated heterocycles. The van der Waals surface area contributed by atoms with E-state index in [0.717, 1.165) is 5.56 Å². The number of nitrogen functional groups attached to an aromatic ring is 1. The van der Waals surface area contributed by atoms with E-state index in [1.807, 2.05) is 0 Å². The van der Waals surface area contributed by atoms with Gasteiger partial charge in [0.1, 0.15) is 0 Å². The van der Waals surface area contributed by atoms with E-state index >= 15 is 0 Å². The molecule has 1 aliphatic carbocycles. The van der Waals surface area contributed by atoms with Gasteiger partial charge in [0.25, 0.3) is 0 Å². The maximum absolute atomic E-state index is 12.4. The number of nitrogens with two attached hydrogens (primary N) is 1. The lowest BCUT2D eigenvalue weighted by Gasteiger charge is -2.24. The topological polar surface area (TPSA) is 89.3 Å². The van der Waals surface area contributed by atoms with Crippen molar-refractivity contribution in [3.63, 3.8) is 0 Å². The molecule has 1 heterocycles. The Morgan fingerprint density at radius 2 is 1.95 bits per heavy atom. The molecule has 2 unspecified atom stereocenters. The number of imide groups is 1. The van der Waals surface area contributed by atoms with E-state index in [1.54, 1.807) is 18.2 Å². The van der Waals surface area contributed by atoms with Crippen LogP contribution < -0.4 is 11.1 Å². The zero-order valence-electron chi connectivity index (χ0n) is 10.3. The van der Waals surface area contributed by atoms with Crippen molar-refractivity contribution in [2.24, 2.45) is 11.8 Å². The fourth-order valence-electron chi connectivity index (χ4n) is 2.99. The molecule has 2 amide bonds. The summed E-state index contributed by atoms with van der Waals surface area (Å²) < 4.78 is 0. The number of rotatable bonds is 1. The van der Waals surface area contributed by atoms with Gasteiger partial charge in [-0.15, -0.1) is 0 Å². The average Bonchev–Trinajstić information content (AvgIpc) is 2.69. The zero-order chi connectivity index (χ0) is 13.6. The van der Waals surface area contributed by atoms with Crippen LogP contribution in [0.2, 0.25) is 0 Å². The van der Waals surface area contributed by atoms with Crippen molar-refractivity contribution in [1.29, 1.82) is 0 Å². The van der Waals surface area contributed by atoms with E-state index in [9.17, 15) is 14.4 Å². The first-order valence-electron chi connectivity index (χ1n) is 6.33. The Labute approximate surface area is 110 Å². The summed E-state index contributed by atoms with van der Waals surface area (Å²) in [7, 11) is 0. The molecule has 2 aliphatic rings. The van der Waals surface area contributed by atoms with Gasteiger partial charge in [0.05, 0.1) is 0 Å². The highest BCUT2D eigenvalue weighted by Crippen LogP contribution is 2.37. The van der Waals surface area contributed by atoms with Crippen molar-refractivity contribution in [2.45, 2.75) is 19.3 Å². The third-order valence-corrected chi connectivity index (χ3v) is 4.01. The molecule has 0 saturated carbocycles. The molecule has 0 aromatic heterocycles. The van der Waals surface area contributed by atoms with Crippen molar-refractivity contribution >= 4 is 23.3 Å². The summed E-state index contributed by atoms with van der Waals surface area (Å²) >= 11 is 0. The summed E-state index contributed by atoms with van der Waals surface area (Å²) in [6.45, 7) is 0. The summed E-state index contributed by atoms with van der Waals surface area (Å²) in [5.74, 6) is -1.42. The number of piperidine rings is 1. The molecule has 1 aromatic rings. The Kier molecular flexibility index (Phi) is 2.62. The minimum Gasteiger partial charge on any atom is -0.398 e. The summed E-state index contributed by atoms with van der Waals surface area (Å²) in [4.78, 5) is 35.4. The van der Waals surface area contributed by atoms with Crippen LogP contribution in [-0.2, 0) is 16.0 Å². The van der Waals surface area contributed by atoms with Crippen LogP contribution in [0.4, 0.5) is 5.69 Å². The fourth-order valence-corrected chi connectivity index (χ4v) is 2.99. The number of anilines is 1. The number of hydrogen-bond donors (Lipinski definition) is 2. The number of carbonyl (C=O) groups is 3. The quantitative estimate of drug-likeness (QED) is 0.441. The first-order chi connectivity index (χ1) is 9.08. The molecule has 3 rings (SSSR count). The van der Waals surface area contributed by atoms with Crippen molar-refractivity contribution < 1.29 is 14.4 Å². The number of benzene rings is 1. The largest absolute Gasteiger partial charge is 0.398 e. The van der Waals surface area contributed by atoms with Crippen LogP contribution in [-0.4, -0.2) is 17.6 Å². The lowest BCUT2D eigenvalue weighted by atomic mass is 9.83. The second kappa shape index (κ2) is 4.19. The van der Waals surface area contributed by atoms with Gasteiger partial charge in [-0.05, 0) is 24.5 Å². The molecule has 2 atom stereocenters. The molecule has 1 aliphatic heterocycles. The van der Waals surface area contributed by atoms with Crippen LogP contribution in [0.1, 0.15) is 28.8 Å².